The number of hydrogen-bond acceptors (Lipinski definition) is 6. The monoisotopic (exact) mass is 396 g/mol. The first-order chi connectivity index (χ1) is 13.6. The lowest BCUT2D eigenvalue weighted by Crippen LogP contribution is -2.12. The highest BCUT2D eigenvalue weighted by Gasteiger charge is 2.21. The van der Waals surface area contributed by atoms with Crippen molar-refractivity contribution in [1.82, 2.24) is 9.97 Å². The van der Waals surface area contributed by atoms with Crippen LogP contribution in [0.15, 0.2) is 42.6 Å². The number of benzene rings is 2. The highest BCUT2D eigenvalue weighted by Crippen LogP contribution is 2.35. The van der Waals surface area contributed by atoms with Gasteiger partial charge in [0.2, 0.25) is 11.9 Å². The summed E-state index contributed by atoms with van der Waals surface area (Å²) in [5, 5.41) is 6.57. The molecule has 0 unspecified atom stereocenters. The summed E-state index contributed by atoms with van der Waals surface area (Å²) in [6.07, 6.45) is 1.85. The summed E-state index contributed by atoms with van der Waals surface area (Å²) >= 11 is 6.08. The first-order valence-corrected chi connectivity index (χ1v) is 8.89. The van der Waals surface area contributed by atoms with E-state index in [1.807, 2.05) is 18.2 Å². The lowest BCUT2D eigenvalue weighted by Gasteiger charge is -2.12. The normalized spacial score (nSPS) is 12.3. The van der Waals surface area contributed by atoms with Crippen molar-refractivity contribution in [3.05, 3.63) is 53.2 Å². The van der Waals surface area contributed by atoms with Crippen molar-refractivity contribution < 1.29 is 14.3 Å². The van der Waals surface area contributed by atoms with Crippen molar-refractivity contribution in [2.24, 2.45) is 0 Å². The number of carbonyl (C=O) groups is 1. The van der Waals surface area contributed by atoms with Gasteiger partial charge < -0.3 is 20.1 Å². The third kappa shape index (κ3) is 3.57. The van der Waals surface area contributed by atoms with Crippen LogP contribution in [0.4, 0.5) is 17.3 Å². The molecule has 0 bridgehead atoms. The van der Waals surface area contributed by atoms with Gasteiger partial charge in [-0.1, -0.05) is 11.6 Å². The first kappa shape index (κ1) is 18.1. The molecule has 4 rings (SSSR count). The van der Waals surface area contributed by atoms with Crippen LogP contribution in [0.2, 0.25) is 5.02 Å². The Morgan fingerprint density at radius 3 is 2.57 bits per heavy atom. The van der Waals surface area contributed by atoms with Crippen LogP contribution in [0.25, 0.3) is 11.3 Å². The van der Waals surface area contributed by atoms with E-state index in [0.717, 1.165) is 16.8 Å². The van der Waals surface area contributed by atoms with E-state index in [1.54, 1.807) is 38.6 Å². The smallest absolute Gasteiger partial charge is 0.228 e. The van der Waals surface area contributed by atoms with E-state index in [0.29, 0.717) is 33.9 Å². The molecule has 0 aliphatic carbocycles. The first-order valence-electron chi connectivity index (χ1n) is 8.51. The van der Waals surface area contributed by atoms with Gasteiger partial charge in [0.05, 0.1) is 32.0 Å². The van der Waals surface area contributed by atoms with E-state index < -0.39 is 0 Å². The maximum absolute atomic E-state index is 12.2. The molecule has 0 fully saturated rings. The molecule has 0 atom stereocenters. The Kier molecular flexibility index (Phi) is 4.75. The van der Waals surface area contributed by atoms with Crippen LogP contribution >= 0.6 is 11.6 Å². The molecule has 142 valence electrons. The number of hydrogen-bond donors (Lipinski definition) is 2. The van der Waals surface area contributed by atoms with Crippen molar-refractivity contribution in [1.29, 1.82) is 0 Å². The van der Waals surface area contributed by atoms with Crippen LogP contribution in [0.3, 0.4) is 0 Å². The van der Waals surface area contributed by atoms with Crippen molar-refractivity contribution >= 4 is 34.8 Å². The van der Waals surface area contributed by atoms with E-state index in [4.69, 9.17) is 21.1 Å². The SMILES string of the molecule is COc1cc(Nc2ncc3c(n2)-c2ccc(Cl)cc2NC(=O)C3)cc(OC)c1. The van der Waals surface area contributed by atoms with E-state index >= 15 is 0 Å². The summed E-state index contributed by atoms with van der Waals surface area (Å²) in [5.41, 5.74) is 3.56. The van der Waals surface area contributed by atoms with Crippen molar-refractivity contribution in [2.45, 2.75) is 6.42 Å². The largest absolute Gasteiger partial charge is 0.497 e. The van der Waals surface area contributed by atoms with Gasteiger partial charge in [-0.25, -0.2) is 9.97 Å². The van der Waals surface area contributed by atoms with Crippen LogP contribution in [0, 0.1) is 0 Å². The van der Waals surface area contributed by atoms with E-state index in [1.165, 1.54) is 0 Å². The second-order valence-electron chi connectivity index (χ2n) is 6.21. The maximum Gasteiger partial charge on any atom is 0.228 e. The molecule has 2 heterocycles. The van der Waals surface area contributed by atoms with Gasteiger partial charge in [0.1, 0.15) is 11.5 Å². The van der Waals surface area contributed by atoms with Crippen molar-refractivity contribution in [3.63, 3.8) is 0 Å². The Labute approximate surface area is 166 Å². The number of nitrogens with one attached hydrogen (secondary N) is 2. The molecule has 0 radical (unpaired) electrons. The van der Waals surface area contributed by atoms with E-state index in [9.17, 15) is 4.79 Å². The van der Waals surface area contributed by atoms with E-state index in [2.05, 4.69) is 20.6 Å². The molecule has 2 aromatic carbocycles. The zero-order valence-corrected chi connectivity index (χ0v) is 16.0. The highest BCUT2D eigenvalue weighted by molar-refractivity contribution is 6.31. The third-order valence-electron chi connectivity index (χ3n) is 4.33. The lowest BCUT2D eigenvalue weighted by atomic mass is 10.1. The van der Waals surface area contributed by atoms with Crippen LogP contribution < -0.4 is 20.1 Å². The fourth-order valence-corrected chi connectivity index (χ4v) is 3.20. The zero-order valence-electron chi connectivity index (χ0n) is 15.2. The zero-order chi connectivity index (χ0) is 19.7. The minimum atomic E-state index is -0.135. The molecule has 8 heteroatoms. The summed E-state index contributed by atoms with van der Waals surface area (Å²) in [6.45, 7) is 0. The van der Waals surface area contributed by atoms with Gasteiger partial charge in [0, 0.05) is 46.2 Å². The molecule has 3 aromatic rings. The number of ether oxygens (including phenoxy) is 2. The predicted octanol–water partition coefficient (Wildman–Crippen LogP) is 4.05. The standard InChI is InChI=1S/C20H17ClN4O3/c1-27-14-7-13(8-15(9-14)28-2)23-20-22-10-11-5-18(26)24-17-6-12(21)3-4-16(17)19(11)25-20/h3-4,6-10H,5H2,1-2H3,(H,24,26)(H,22,23,25). The molecule has 0 saturated heterocycles. The molecule has 0 saturated carbocycles. The summed E-state index contributed by atoms with van der Waals surface area (Å²) in [7, 11) is 3.17. The van der Waals surface area contributed by atoms with Gasteiger partial charge in [-0.15, -0.1) is 0 Å². The maximum atomic E-state index is 12.2. The Balaban J connectivity index is 1.75. The molecule has 1 aliphatic heterocycles. The van der Waals surface area contributed by atoms with Crippen LogP contribution in [-0.2, 0) is 11.2 Å². The number of amides is 1. The number of nitrogens with zero attached hydrogens (tertiary/aromatic N) is 2. The number of fused-ring (bicyclic) bond motifs is 3. The molecule has 1 aromatic heterocycles. The van der Waals surface area contributed by atoms with Crippen LogP contribution in [-0.4, -0.2) is 30.1 Å². The average Bonchev–Trinajstić information content (AvgIpc) is 2.82. The van der Waals surface area contributed by atoms with E-state index in [-0.39, 0.29) is 12.3 Å². The molecule has 7 nitrogen and oxygen atoms in total. The molecular weight excluding hydrogens is 380 g/mol. The van der Waals surface area contributed by atoms with Crippen molar-refractivity contribution in [2.75, 3.05) is 24.9 Å². The van der Waals surface area contributed by atoms with Gasteiger partial charge in [-0.3, -0.25) is 4.79 Å². The topological polar surface area (TPSA) is 85.4 Å². The molecule has 0 spiro atoms. The third-order valence-corrected chi connectivity index (χ3v) is 4.57. The number of anilines is 3. The Bertz CT molecular complexity index is 1050. The summed E-state index contributed by atoms with van der Waals surface area (Å²) in [5.74, 6) is 1.55. The Hall–Kier alpha value is -3.32. The Morgan fingerprint density at radius 1 is 1.11 bits per heavy atom. The molecule has 1 amide bonds. The van der Waals surface area contributed by atoms with Crippen LogP contribution in [0.5, 0.6) is 11.5 Å². The van der Waals surface area contributed by atoms with Gasteiger partial charge in [0.15, 0.2) is 0 Å². The minimum Gasteiger partial charge on any atom is -0.497 e. The number of aromatic nitrogens is 2. The summed E-state index contributed by atoms with van der Waals surface area (Å²) in [4.78, 5) is 21.2. The summed E-state index contributed by atoms with van der Waals surface area (Å²) < 4.78 is 10.6. The van der Waals surface area contributed by atoms with Gasteiger partial charge in [-0.2, -0.15) is 0 Å². The second kappa shape index (κ2) is 7.36. The molecular formula is C20H17ClN4O3. The number of rotatable bonds is 4. The number of halogens is 1. The molecule has 2 N–H and O–H groups in total. The quantitative estimate of drug-likeness (QED) is 0.692. The van der Waals surface area contributed by atoms with Gasteiger partial charge in [0.25, 0.3) is 0 Å². The second-order valence-corrected chi connectivity index (χ2v) is 6.65. The fourth-order valence-electron chi connectivity index (χ4n) is 3.03. The predicted molar refractivity (Wildman–Crippen MR) is 108 cm³/mol. The molecule has 1 aliphatic rings. The number of carbonyl (C=O) groups excluding carboxylic acids is 1. The van der Waals surface area contributed by atoms with Gasteiger partial charge in [-0.05, 0) is 18.2 Å². The number of methoxy groups -OCH3 is 2. The lowest BCUT2D eigenvalue weighted by molar-refractivity contribution is -0.115. The average molecular weight is 397 g/mol. The Morgan fingerprint density at radius 2 is 1.86 bits per heavy atom. The summed E-state index contributed by atoms with van der Waals surface area (Å²) in [6, 6.07) is 10.7. The molecule has 28 heavy (non-hydrogen) atoms. The van der Waals surface area contributed by atoms with Crippen LogP contribution in [0.1, 0.15) is 5.56 Å². The highest BCUT2D eigenvalue weighted by atomic mass is 35.5. The van der Waals surface area contributed by atoms with Crippen molar-refractivity contribution in [3.8, 4) is 22.8 Å². The van der Waals surface area contributed by atoms with Gasteiger partial charge >= 0.3 is 0 Å². The fraction of sp³-hybridized carbons (Fsp3) is 0.150. The minimum absolute atomic E-state index is 0.135.